The number of amides is 1. The number of anilines is 2. The molecule has 8 nitrogen and oxygen atoms in total. The van der Waals surface area contributed by atoms with Crippen LogP contribution < -0.4 is 9.80 Å². The Morgan fingerprint density at radius 3 is 2.09 bits per heavy atom. The molecule has 0 fully saturated rings. The first kappa shape index (κ1) is 31.6. The zero-order valence-corrected chi connectivity index (χ0v) is 24.9. The summed E-state index contributed by atoms with van der Waals surface area (Å²) in [5.74, 6) is 0.0397. The van der Waals surface area contributed by atoms with E-state index in [1.165, 1.54) is 11.8 Å². The van der Waals surface area contributed by atoms with Gasteiger partial charge in [-0.15, -0.1) is 5.10 Å². The SMILES string of the molecule is Cn1nnc(N(Cc2cc(C(F)(F)F)cc(C(F)(F)F)c2)C2CCCN(C(=O)OC(C)(C)C)c3cc4c(cc32)CCCC4)n1. The first-order chi connectivity index (χ1) is 20.5. The number of ether oxygens (including phenoxy) is 1. The van der Waals surface area contributed by atoms with Gasteiger partial charge in [-0.25, -0.2) is 4.79 Å². The van der Waals surface area contributed by atoms with Crippen LogP contribution in [0.25, 0.3) is 0 Å². The number of aryl methyl sites for hydroxylation is 3. The van der Waals surface area contributed by atoms with Crippen molar-refractivity contribution in [2.24, 2.45) is 7.05 Å². The van der Waals surface area contributed by atoms with Gasteiger partial charge in [-0.1, -0.05) is 11.2 Å². The summed E-state index contributed by atoms with van der Waals surface area (Å²) < 4.78 is 88.1. The third-order valence-electron chi connectivity index (χ3n) is 7.75. The fraction of sp³-hybridized carbons (Fsp3) is 0.533. The predicted octanol–water partition coefficient (Wildman–Crippen LogP) is 7.41. The van der Waals surface area contributed by atoms with E-state index < -0.39 is 41.2 Å². The van der Waals surface area contributed by atoms with E-state index in [1.54, 1.807) is 30.6 Å². The van der Waals surface area contributed by atoms with Gasteiger partial charge in [-0.3, -0.25) is 4.90 Å². The highest BCUT2D eigenvalue weighted by molar-refractivity contribution is 5.90. The fourth-order valence-electron chi connectivity index (χ4n) is 5.86. The Hall–Kier alpha value is -3.84. The van der Waals surface area contributed by atoms with Crippen LogP contribution in [0.15, 0.2) is 30.3 Å². The molecule has 1 atom stereocenters. The number of carbonyl (C=O) groups is 1. The molecule has 0 N–H and O–H groups in total. The molecule has 1 aromatic heterocycles. The monoisotopic (exact) mass is 624 g/mol. The van der Waals surface area contributed by atoms with E-state index in [0.717, 1.165) is 48.9 Å². The summed E-state index contributed by atoms with van der Waals surface area (Å²) in [5, 5.41) is 12.3. The van der Waals surface area contributed by atoms with E-state index in [-0.39, 0.29) is 24.1 Å². The van der Waals surface area contributed by atoms with Crippen molar-refractivity contribution in [2.45, 2.75) is 89.8 Å². The first-order valence-corrected chi connectivity index (χ1v) is 14.4. The number of tetrazole rings is 1. The highest BCUT2D eigenvalue weighted by Gasteiger charge is 2.39. The van der Waals surface area contributed by atoms with E-state index in [0.29, 0.717) is 30.6 Å². The number of fused-ring (bicyclic) bond motifs is 2. The number of aromatic nitrogens is 4. The molecule has 238 valence electrons. The standard InChI is InChI=1S/C30H34F6N6O2/c1-28(2,3)44-27(43)41-11-7-10-24(23-14-19-8-5-6-9-20(19)15-25(23)41)42(26-37-39-40(4)38-26)17-18-12-21(29(31,32)33)16-22(13-18)30(34,35)36/h12-16,24H,5-11,17H2,1-4H3. The Balaban J connectivity index is 1.65. The van der Waals surface area contributed by atoms with Crippen molar-refractivity contribution in [2.75, 3.05) is 16.3 Å². The predicted molar refractivity (Wildman–Crippen MR) is 150 cm³/mol. The molecule has 0 radical (unpaired) electrons. The number of carbonyl (C=O) groups excluding carboxylic acids is 1. The van der Waals surface area contributed by atoms with Crippen LogP contribution in [-0.4, -0.2) is 38.4 Å². The molecule has 2 aromatic carbocycles. The number of benzene rings is 2. The van der Waals surface area contributed by atoms with Gasteiger partial charge in [-0.2, -0.15) is 31.1 Å². The third-order valence-corrected chi connectivity index (χ3v) is 7.75. The molecule has 2 aliphatic rings. The normalized spacial score (nSPS) is 17.5. The topological polar surface area (TPSA) is 76.4 Å². The lowest BCUT2D eigenvalue weighted by molar-refractivity contribution is -0.143. The summed E-state index contributed by atoms with van der Waals surface area (Å²) in [5.41, 5.74) is -0.292. The van der Waals surface area contributed by atoms with Crippen LogP contribution in [0.5, 0.6) is 0 Å². The Morgan fingerprint density at radius 2 is 1.55 bits per heavy atom. The molecule has 1 unspecified atom stereocenters. The van der Waals surface area contributed by atoms with Crippen LogP contribution in [0.4, 0.5) is 42.8 Å². The van der Waals surface area contributed by atoms with Crippen molar-refractivity contribution in [3.8, 4) is 0 Å². The molecular formula is C30H34F6N6O2. The Labute approximate surface area is 251 Å². The van der Waals surface area contributed by atoms with Crippen molar-refractivity contribution in [1.29, 1.82) is 0 Å². The first-order valence-electron chi connectivity index (χ1n) is 14.4. The zero-order valence-electron chi connectivity index (χ0n) is 24.9. The lowest BCUT2D eigenvalue weighted by Crippen LogP contribution is -2.37. The van der Waals surface area contributed by atoms with E-state index in [1.807, 2.05) is 12.1 Å². The molecule has 0 bridgehead atoms. The lowest BCUT2D eigenvalue weighted by atomic mass is 9.87. The highest BCUT2D eigenvalue weighted by Crippen LogP contribution is 2.43. The Kier molecular flexibility index (Phi) is 8.31. The molecule has 1 amide bonds. The molecular weight excluding hydrogens is 590 g/mol. The number of nitrogens with zero attached hydrogens (tertiary/aromatic N) is 6. The maximum absolute atomic E-state index is 13.7. The highest BCUT2D eigenvalue weighted by atomic mass is 19.4. The van der Waals surface area contributed by atoms with Crippen LogP contribution in [0.2, 0.25) is 0 Å². The van der Waals surface area contributed by atoms with Crippen molar-refractivity contribution < 1.29 is 35.9 Å². The molecule has 1 aliphatic carbocycles. The van der Waals surface area contributed by atoms with Crippen molar-refractivity contribution in [3.63, 3.8) is 0 Å². The van der Waals surface area contributed by atoms with Gasteiger partial charge in [-0.05, 0) is 111 Å². The molecule has 3 aromatic rings. The van der Waals surface area contributed by atoms with Gasteiger partial charge in [0.05, 0.1) is 29.9 Å². The molecule has 44 heavy (non-hydrogen) atoms. The number of alkyl halides is 6. The maximum atomic E-state index is 13.7. The molecule has 0 saturated carbocycles. The fourth-order valence-corrected chi connectivity index (χ4v) is 5.86. The summed E-state index contributed by atoms with van der Waals surface area (Å²) in [6.45, 7) is 5.24. The van der Waals surface area contributed by atoms with E-state index in [4.69, 9.17) is 4.74 Å². The van der Waals surface area contributed by atoms with Crippen LogP contribution in [0, 0.1) is 0 Å². The van der Waals surface area contributed by atoms with E-state index in [2.05, 4.69) is 15.4 Å². The van der Waals surface area contributed by atoms with Gasteiger partial charge in [0.1, 0.15) is 5.60 Å². The van der Waals surface area contributed by atoms with E-state index in [9.17, 15) is 31.1 Å². The second-order valence-electron chi connectivity index (χ2n) is 12.3. The lowest BCUT2D eigenvalue weighted by Gasteiger charge is -2.34. The molecule has 1 aliphatic heterocycles. The Bertz CT molecular complexity index is 1500. The van der Waals surface area contributed by atoms with Gasteiger partial charge in [0.25, 0.3) is 5.95 Å². The summed E-state index contributed by atoms with van der Waals surface area (Å²) in [6, 6.07) is 4.93. The third kappa shape index (κ3) is 6.94. The molecule has 2 heterocycles. The van der Waals surface area contributed by atoms with E-state index >= 15 is 0 Å². The summed E-state index contributed by atoms with van der Waals surface area (Å²) in [6.07, 6.45) is -6.03. The maximum Gasteiger partial charge on any atom is 0.416 e. The number of hydrogen-bond donors (Lipinski definition) is 0. The minimum Gasteiger partial charge on any atom is -0.443 e. The van der Waals surface area contributed by atoms with Gasteiger partial charge in [0, 0.05) is 13.1 Å². The van der Waals surface area contributed by atoms with Gasteiger partial charge >= 0.3 is 18.4 Å². The molecule has 14 heteroatoms. The largest absolute Gasteiger partial charge is 0.443 e. The molecule has 0 spiro atoms. The summed E-state index contributed by atoms with van der Waals surface area (Å²) in [4.78, 5) is 17.8. The minimum absolute atomic E-state index is 0.0397. The van der Waals surface area contributed by atoms with Gasteiger partial charge in [0.2, 0.25) is 0 Å². The molecule has 0 saturated heterocycles. The molecule has 5 rings (SSSR count). The average molecular weight is 625 g/mol. The summed E-state index contributed by atoms with van der Waals surface area (Å²) in [7, 11) is 1.52. The van der Waals surface area contributed by atoms with Crippen LogP contribution in [0.3, 0.4) is 0 Å². The Morgan fingerprint density at radius 1 is 0.932 bits per heavy atom. The summed E-state index contributed by atoms with van der Waals surface area (Å²) >= 11 is 0. The number of halogens is 6. The van der Waals surface area contributed by atoms with Crippen molar-refractivity contribution in [1.82, 2.24) is 20.2 Å². The van der Waals surface area contributed by atoms with Crippen molar-refractivity contribution in [3.05, 3.63) is 63.7 Å². The number of rotatable bonds is 4. The minimum atomic E-state index is -4.99. The smallest absolute Gasteiger partial charge is 0.416 e. The van der Waals surface area contributed by atoms with Crippen molar-refractivity contribution >= 4 is 17.7 Å². The van der Waals surface area contributed by atoms with Gasteiger partial charge < -0.3 is 9.64 Å². The number of hydrogen-bond acceptors (Lipinski definition) is 6. The van der Waals surface area contributed by atoms with Crippen LogP contribution >= 0.6 is 0 Å². The average Bonchev–Trinajstić information content (AvgIpc) is 3.26. The second-order valence-corrected chi connectivity index (χ2v) is 12.3. The van der Waals surface area contributed by atoms with Crippen LogP contribution in [0.1, 0.15) is 85.9 Å². The van der Waals surface area contributed by atoms with Crippen LogP contribution in [-0.2, 0) is 43.5 Å². The second kappa shape index (κ2) is 11.6. The quantitative estimate of drug-likeness (QED) is 0.282. The zero-order chi connectivity index (χ0) is 32.0. The van der Waals surface area contributed by atoms with Gasteiger partial charge in [0.15, 0.2) is 0 Å².